The van der Waals surface area contributed by atoms with Crippen molar-refractivity contribution in [2.24, 2.45) is 0 Å². The molecule has 2 rings (SSSR count). The highest BCUT2D eigenvalue weighted by atomic mass is 16.5. The molecule has 0 saturated carbocycles. The Balaban J connectivity index is 2.19. The second-order valence-corrected chi connectivity index (χ2v) is 5.51. The van der Waals surface area contributed by atoms with Crippen LogP contribution in [0.2, 0.25) is 0 Å². The van der Waals surface area contributed by atoms with Crippen LogP contribution in [0.15, 0.2) is 36.4 Å². The van der Waals surface area contributed by atoms with Gasteiger partial charge in [0.2, 0.25) is 0 Å². The molecular weight excluding hydrogens is 304 g/mol. The molecule has 128 valence electrons. The zero-order valence-corrected chi connectivity index (χ0v) is 14.6. The van der Waals surface area contributed by atoms with Crippen LogP contribution in [-0.2, 0) is 6.61 Å². The fraction of sp³-hybridized carbons (Fsp3) is 0.316. The summed E-state index contributed by atoms with van der Waals surface area (Å²) in [6, 6.07) is 11.4. The van der Waals surface area contributed by atoms with Gasteiger partial charge in [0.1, 0.15) is 18.1 Å². The van der Waals surface area contributed by atoms with Crippen molar-refractivity contribution >= 4 is 11.7 Å². The second kappa shape index (κ2) is 8.24. The van der Waals surface area contributed by atoms with Crippen molar-refractivity contribution < 1.29 is 14.3 Å². The first kappa shape index (κ1) is 17.7. The van der Waals surface area contributed by atoms with Gasteiger partial charge in [-0.3, -0.25) is 0 Å². The van der Waals surface area contributed by atoms with Crippen LogP contribution in [0.5, 0.6) is 11.5 Å². The Morgan fingerprint density at radius 2 is 1.88 bits per heavy atom. The topological polar surface area (TPSA) is 59.6 Å². The minimum atomic E-state index is -0.281. The van der Waals surface area contributed by atoms with Crippen LogP contribution in [0.3, 0.4) is 0 Å². The first-order valence-corrected chi connectivity index (χ1v) is 7.98. The lowest BCUT2D eigenvalue weighted by Gasteiger charge is -2.15. The lowest BCUT2D eigenvalue weighted by atomic mass is 10.1. The minimum absolute atomic E-state index is 0.281. The molecule has 5 heteroatoms. The molecule has 0 aliphatic carbocycles. The molecule has 0 aliphatic heterocycles. The van der Waals surface area contributed by atoms with Gasteiger partial charge >= 0.3 is 6.03 Å². The van der Waals surface area contributed by atoms with Crippen molar-refractivity contribution in [3.63, 3.8) is 0 Å². The largest absolute Gasteiger partial charge is 0.494 e. The first-order chi connectivity index (χ1) is 11.5. The average molecular weight is 328 g/mol. The Kier molecular flexibility index (Phi) is 6.07. The Morgan fingerprint density at radius 3 is 2.54 bits per heavy atom. The molecule has 0 saturated heterocycles. The van der Waals surface area contributed by atoms with Gasteiger partial charge in [-0.1, -0.05) is 17.7 Å². The third-order valence-electron chi connectivity index (χ3n) is 3.58. The molecule has 2 amide bonds. The maximum absolute atomic E-state index is 11.7. The summed E-state index contributed by atoms with van der Waals surface area (Å²) in [7, 11) is 1.58. The van der Waals surface area contributed by atoms with Crippen LogP contribution < -0.4 is 20.1 Å². The van der Waals surface area contributed by atoms with Gasteiger partial charge in [0.05, 0.1) is 12.3 Å². The first-order valence-electron chi connectivity index (χ1n) is 7.98. The molecule has 2 aromatic rings. The van der Waals surface area contributed by atoms with Crippen molar-refractivity contribution in [2.45, 2.75) is 27.4 Å². The van der Waals surface area contributed by atoms with Crippen LogP contribution in [0.4, 0.5) is 10.5 Å². The van der Waals surface area contributed by atoms with E-state index >= 15 is 0 Å². The molecule has 0 unspecified atom stereocenters. The molecule has 0 spiro atoms. The molecular formula is C19H24N2O3. The molecule has 2 N–H and O–H groups in total. The van der Waals surface area contributed by atoms with E-state index in [1.165, 1.54) is 5.56 Å². The predicted octanol–water partition coefficient (Wildman–Crippen LogP) is 4.03. The molecule has 0 heterocycles. The molecule has 24 heavy (non-hydrogen) atoms. The maximum Gasteiger partial charge on any atom is 0.318 e. The van der Waals surface area contributed by atoms with Crippen molar-refractivity contribution in [3.05, 3.63) is 53.1 Å². The number of anilines is 1. The Morgan fingerprint density at radius 1 is 1.08 bits per heavy atom. The van der Waals surface area contributed by atoms with Gasteiger partial charge in [0.15, 0.2) is 0 Å². The van der Waals surface area contributed by atoms with E-state index in [1.54, 1.807) is 13.1 Å². The average Bonchev–Trinajstić information content (AvgIpc) is 2.55. The van der Waals surface area contributed by atoms with Crippen LogP contribution in [0, 0.1) is 13.8 Å². The van der Waals surface area contributed by atoms with Gasteiger partial charge in [-0.25, -0.2) is 4.79 Å². The number of aryl methyl sites for hydroxylation is 2. The van der Waals surface area contributed by atoms with Gasteiger partial charge in [0, 0.05) is 18.7 Å². The highest BCUT2D eigenvalue weighted by Crippen LogP contribution is 2.26. The molecule has 5 nitrogen and oxygen atoms in total. The number of carbonyl (C=O) groups excluding carboxylic acids is 1. The number of hydrogen-bond donors (Lipinski definition) is 2. The van der Waals surface area contributed by atoms with E-state index in [1.807, 2.05) is 38.1 Å². The molecule has 0 aromatic heterocycles. The van der Waals surface area contributed by atoms with E-state index < -0.39 is 0 Å². The van der Waals surface area contributed by atoms with Crippen LogP contribution >= 0.6 is 0 Å². The smallest absolute Gasteiger partial charge is 0.318 e. The van der Waals surface area contributed by atoms with E-state index in [0.717, 1.165) is 16.9 Å². The van der Waals surface area contributed by atoms with Crippen LogP contribution in [0.25, 0.3) is 0 Å². The third-order valence-corrected chi connectivity index (χ3v) is 3.58. The SMILES string of the molecule is CCOc1ccc(COc2ccc(C)cc2C)c(NC(=O)NC)c1. The summed E-state index contributed by atoms with van der Waals surface area (Å²) in [5, 5.41) is 5.36. The molecule has 0 fully saturated rings. The van der Waals surface area contributed by atoms with Crippen molar-refractivity contribution in [3.8, 4) is 11.5 Å². The quantitative estimate of drug-likeness (QED) is 0.841. The number of amides is 2. The molecule has 0 radical (unpaired) electrons. The fourth-order valence-corrected chi connectivity index (χ4v) is 2.36. The number of nitrogens with one attached hydrogen (secondary N) is 2. The normalized spacial score (nSPS) is 10.2. The van der Waals surface area contributed by atoms with Gasteiger partial charge < -0.3 is 20.1 Å². The lowest BCUT2D eigenvalue weighted by molar-refractivity contribution is 0.254. The third kappa shape index (κ3) is 4.65. The minimum Gasteiger partial charge on any atom is -0.494 e. The summed E-state index contributed by atoms with van der Waals surface area (Å²) in [6.45, 7) is 6.91. The zero-order valence-electron chi connectivity index (χ0n) is 14.6. The van der Waals surface area contributed by atoms with E-state index in [9.17, 15) is 4.79 Å². The van der Waals surface area contributed by atoms with Gasteiger partial charge in [-0.2, -0.15) is 0 Å². The van der Waals surface area contributed by atoms with E-state index in [0.29, 0.717) is 24.7 Å². The number of ether oxygens (including phenoxy) is 2. The zero-order chi connectivity index (χ0) is 17.5. The predicted molar refractivity (Wildman–Crippen MR) is 95.9 cm³/mol. The van der Waals surface area contributed by atoms with Crippen molar-refractivity contribution in [1.29, 1.82) is 0 Å². The summed E-state index contributed by atoms with van der Waals surface area (Å²) in [5.41, 5.74) is 3.83. The fourth-order valence-electron chi connectivity index (χ4n) is 2.36. The second-order valence-electron chi connectivity index (χ2n) is 5.51. The molecule has 0 atom stereocenters. The van der Waals surface area contributed by atoms with Crippen molar-refractivity contribution in [1.82, 2.24) is 5.32 Å². The Hall–Kier alpha value is -2.69. The van der Waals surface area contributed by atoms with Crippen LogP contribution in [0.1, 0.15) is 23.6 Å². The van der Waals surface area contributed by atoms with E-state index in [4.69, 9.17) is 9.47 Å². The van der Waals surface area contributed by atoms with E-state index in [2.05, 4.69) is 23.6 Å². The number of carbonyl (C=O) groups is 1. The summed E-state index contributed by atoms with van der Waals surface area (Å²) in [4.78, 5) is 11.7. The monoisotopic (exact) mass is 328 g/mol. The van der Waals surface area contributed by atoms with E-state index in [-0.39, 0.29) is 6.03 Å². The van der Waals surface area contributed by atoms with Gasteiger partial charge in [-0.15, -0.1) is 0 Å². The number of rotatable bonds is 6. The number of urea groups is 1. The Labute approximate surface area is 143 Å². The lowest BCUT2D eigenvalue weighted by Crippen LogP contribution is -2.25. The summed E-state index contributed by atoms with van der Waals surface area (Å²) >= 11 is 0. The van der Waals surface area contributed by atoms with Gasteiger partial charge in [-0.05, 0) is 44.5 Å². The number of hydrogen-bond acceptors (Lipinski definition) is 3. The van der Waals surface area contributed by atoms with Gasteiger partial charge in [0.25, 0.3) is 0 Å². The number of benzene rings is 2. The standard InChI is InChI=1S/C19H24N2O3/c1-5-23-16-8-7-15(17(11-16)21-19(22)20-4)12-24-18-9-6-13(2)10-14(18)3/h6-11H,5,12H2,1-4H3,(H2,20,21,22). The summed E-state index contributed by atoms with van der Waals surface area (Å²) < 4.78 is 11.4. The highest BCUT2D eigenvalue weighted by Gasteiger charge is 2.09. The Bertz CT molecular complexity index is 714. The molecule has 0 bridgehead atoms. The molecule has 2 aromatic carbocycles. The van der Waals surface area contributed by atoms with Crippen LogP contribution in [-0.4, -0.2) is 19.7 Å². The summed E-state index contributed by atoms with van der Waals surface area (Å²) in [5.74, 6) is 1.54. The summed E-state index contributed by atoms with van der Waals surface area (Å²) in [6.07, 6.45) is 0. The van der Waals surface area contributed by atoms with Crippen molar-refractivity contribution in [2.75, 3.05) is 19.0 Å². The maximum atomic E-state index is 11.7. The highest BCUT2D eigenvalue weighted by molar-refractivity contribution is 5.90. The molecule has 0 aliphatic rings.